The second kappa shape index (κ2) is 8.01. The predicted molar refractivity (Wildman–Crippen MR) is 139 cm³/mol. The van der Waals surface area contributed by atoms with Crippen LogP contribution < -0.4 is 0 Å². The summed E-state index contributed by atoms with van der Waals surface area (Å²) in [6.45, 7) is 14.2. The van der Waals surface area contributed by atoms with E-state index >= 15 is 0 Å². The SMILES string of the molecule is CC[N+](CC)=C(C1=C([Si](C)(C)C)C2c3ccccc3C1c1ccccc12)c1ccccc1. The Kier molecular flexibility index (Phi) is 5.29. The van der Waals surface area contributed by atoms with Crippen LogP contribution in [-0.4, -0.2) is 31.5 Å². The maximum absolute atomic E-state index is 2.59. The van der Waals surface area contributed by atoms with E-state index in [1.807, 2.05) is 0 Å². The Morgan fingerprint density at radius 2 is 1.09 bits per heavy atom. The minimum Gasteiger partial charge on any atom is -0.230 e. The second-order valence-electron chi connectivity index (χ2n) is 10.1. The molecule has 0 unspecified atom stereocenters. The summed E-state index contributed by atoms with van der Waals surface area (Å²) in [5.41, 5.74) is 10.5. The highest BCUT2D eigenvalue weighted by molar-refractivity contribution is 6.84. The molecule has 2 bridgehead atoms. The molecule has 3 aromatic carbocycles. The van der Waals surface area contributed by atoms with Gasteiger partial charge in [-0.1, -0.05) is 91.6 Å². The molecular formula is C30H34NSi+. The fourth-order valence-electron chi connectivity index (χ4n) is 6.09. The van der Waals surface area contributed by atoms with Crippen molar-refractivity contribution in [3.63, 3.8) is 0 Å². The van der Waals surface area contributed by atoms with Crippen molar-refractivity contribution >= 4 is 13.8 Å². The maximum atomic E-state index is 2.59. The van der Waals surface area contributed by atoms with Crippen LogP contribution in [-0.2, 0) is 0 Å². The standard InChI is InChI=1S/C30H34NSi/c1-6-31(7-2)29(21-15-9-8-10-16-21)28-26-22-17-11-13-19-24(22)27(30(28)32(3,4)5)25-20-14-12-18-23(25)26/h8-20,26-27H,6-7H2,1-5H3/q+1. The van der Waals surface area contributed by atoms with E-state index < -0.39 is 8.07 Å². The molecule has 0 fully saturated rings. The molecule has 3 aromatic rings. The number of hydrogen-bond donors (Lipinski definition) is 0. The van der Waals surface area contributed by atoms with Crippen LogP contribution in [0.3, 0.4) is 0 Å². The van der Waals surface area contributed by atoms with Crippen molar-refractivity contribution in [3.8, 4) is 0 Å². The smallest absolute Gasteiger partial charge is 0.210 e. The van der Waals surface area contributed by atoms with Crippen molar-refractivity contribution < 1.29 is 4.58 Å². The van der Waals surface area contributed by atoms with E-state index in [1.54, 1.807) is 10.8 Å². The summed E-state index contributed by atoms with van der Waals surface area (Å²) < 4.78 is 2.59. The molecule has 0 N–H and O–H groups in total. The Hall–Kier alpha value is -2.71. The van der Waals surface area contributed by atoms with Gasteiger partial charge in [-0.15, -0.1) is 0 Å². The van der Waals surface area contributed by atoms with Crippen molar-refractivity contribution in [2.45, 2.75) is 45.3 Å². The van der Waals surface area contributed by atoms with Gasteiger partial charge in [-0.2, -0.15) is 0 Å². The lowest BCUT2D eigenvalue weighted by molar-refractivity contribution is -0.519. The van der Waals surface area contributed by atoms with Gasteiger partial charge in [0.1, 0.15) is 13.1 Å². The molecule has 0 saturated heterocycles. The fraction of sp³-hybridized carbons (Fsp3) is 0.300. The van der Waals surface area contributed by atoms with Crippen LogP contribution in [0.15, 0.2) is 89.6 Å². The lowest BCUT2D eigenvalue weighted by Gasteiger charge is -2.46. The minimum absolute atomic E-state index is 0.310. The van der Waals surface area contributed by atoms with Crippen molar-refractivity contribution in [2.75, 3.05) is 13.1 Å². The summed E-state index contributed by atoms with van der Waals surface area (Å²) in [6.07, 6.45) is 0. The van der Waals surface area contributed by atoms with Gasteiger partial charge >= 0.3 is 0 Å². The molecule has 3 aliphatic carbocycles. The zero-order valence-electron chi connectivity index (χ0n) is 20.0. The molecular weight excluding hydrogens is 402 g/mol. The van der Waals surface area contributed by atoms with Gasteiger partial charge in [0.05, 0.1) is 8.07 Å². The second-order valence-corrected chi connectivity index (χ2v) is 15.1. The molecule has 0 amide bonds. The molecule has 162 valence electrons. The van der Waals surface area contributed by atoms with Crippen LogP contribution in [0.2, 0.25) is 19.6 Å². The van der Waals surface area contributed by atoms with Crippen LogP contribution in [0, 0.1) is 0 Å². The van der Waals surface area contributed by atoms with Crippen LogP contribution in [0.5, 0.6) is 0 Å². The van der Waals surface area contributed by atoms with E-state index in [0.717, 1.165) is 13.1 Å². The molecule has 0 radical (unpaired) electrons. The molecule has 0 atom stereocenters. The first-order valence-corrected chi connectivity index (χ1v) is 15.6. The van der Waals surface area contributed by atoms with Crippen LogP contribution >= 0.6 is 0 Å². The van der Waals surface area contributed by atoms with Crippen molar-refractivity contribution in [1.82, 2.24) is 0 Å². The van der Waals surface area contributed by atoms with Crippen LogP contribution in [0.25, 0.3) is 0 Å². The molecule has 3 aliphatic rings. The first-order chi connectivity index (χ1) is 15.5. The molecule has 0 heterocycles. The molecule has 0 aliphatic heterocycles. The van der Waals surface area contributed by atoms with Crippen LogP contribution in [0.4, 0.5) is 0 Å². The number of rotatable bonds is 5. The lowest BCUT2D eigenvalue weighted by Crippen LogP contribution is -2.42. The van der Waals surface area contributed by atoms with Gasteiger partial charge in [0.25, 0.3) is 0 Å². The van der Waals surface area contributed by atoms with E-state index in [4.69, 9.17) is 0 Å². The maximum Gasteiger partial charge on any atom is 0.210 e. The average molecular weight is 437 g/mol. The van der Waals surface area contributed by atoms with Gasteiger partial charge in [0, 0.05) is 23.0 Å². The van der Waals surface area contributed by atoms with Gasteiger partial charge < -0.3 is 0 Å². The van der Waals surface area contributed by atoms with Gasteiger partial charge in [-0.3, -0.25) is 0 Å². The fourth-order valence-corrected chi connectivity index (χ4v) is 8.33. The quantitative estimate of drug-likeness (QED) is 0.230. The normalized spacial score (nSPS) is 18.9. The Morgan fingerprint density at radius 3 is 1.53 bits per heavy atom. The van der Waals surface area contributed by atoms with E-state index in [9.17, 15) is 0 Å². The van der Waals surface area contributed by atoms with Crippen molar-refractivity contribution in [3.05, 3.63) is 117 Å². The molecule has 0 aromatic heterocycles. The molecule has 0 spiro atoms. The van der Waals surface area contributed by atoms with Crippen LogP contribution in [0.1, 0.15) is 53.5 Å². The van der Waals surface area contributed by atoms with Crippen molar-refractivity contribution in [1.29, 1.82) is 0 Å². The predicted octanol–water partition coefficient (Wildman–Crippen LogP) is 6.99. The zero-order valence-corrected chi connectivity index (χ0v) is 21.0. The first kappa shape index (κ1) is 21.1. The van der Waals surface area contributed by atoms with Gasteiger partial charge in [0.15, 0.2) is 0 Å². The number of allylic oxidation sites excluding steroid dienone is 2. The third kappa shape index (κ3) is 3.16. The molecule has 1 nitrogen and oxygen atoms in total. The lowest BCUT2D eigenvalue weighted by atomic mass is 9.63. The first-order valence-electron chi connectivity index (χ1n) is 12.1. The van der Waals surface area contributed by atoms with Gasteiger partial charge in [-0.25, -0.2) is 4.58 Å². The third-order valence-electron chi connectivity index (χ3n) is 7.29. The monoisotopic (exact) mass is 436 g/mol. The van der Waals surface area contributed by atoms with Crippen molar-refractivity contribution in [2.24, 2.45) is 0 Å². The Morgan fingerprint density at radius 1 is 0.656 bits per heavy atom. The molecule has 2 heteroatoms. The Balaban J connectivity index is 1.93. The highest BCUT2D eigenvalue weighted by atomic mass is 28.3. The van der Waals surface area contributed by atoms with E-state index in [1.165, 1.54) is 33.5 Å². The summed E-state index contributed by atoms with van der Waals surface area (Å²) in [5.74, 6) is 0.688. The summed E-state index contributed by atoms with van der Waals surface area (Å²) in [5, 5.41) is 1.73. The highest BCUT2D eigenvalue weighted by Gasteiger charge is 2.49. The number of nitrogens with zero attached hydrogens (tertiary/aromatic N) is 1. The van der Waals surface area contributed by atoms with Gasteiger partial charge in [0.2, 0.25) is 5.71 Å². The number of hydrogen-bond acceptors (Lipinski definition) is 0. The molecule has 6 rings (SSSR count). The topological polar surface area (TPSA) is 3.01 Å². The summed E-state index contributed by atoms with van der Waals surface area (Å²) in [6, 6.07) is 29.6. The average Bonchev–Trinajstić information content (AvgIpc) is 2.82. The minimum atomic E-state index is -1.64. The van der Waals surface area contributed by atoms with Gasteiger partial charge in [-0.05, 0) is 48.2 Å². The summed E-state index contributed by atoms with van der Waals surface area (Å²) >= 11 is 0. The third-order valence-corrected chi connectivity index (χ3v) is 9.47. The highest BCUT2D eigenvalue weighted by Crippen LogP contribution is 2.58. The van der Waals surface area contributed by atoms with E-state index in [2.05, 4.69) is 117 Å². The zero-order chi connectivity index (χ0) is 22.5. The Bertz CT molecular complexity index is 1170. The molecule has 32 heavy (non-hydrogen) atoms. The summed E-state index contributed by atoms with van der Waals surface area (Å²) in [7, 11) is -1.64. The molecule has 0 saturated carbocycles. The van der Waals surface area contributed by atoms with E-state index in [-0.39, 0.29) is 0 Å². The Labute approximate surface area is 194 Å². The largest absolute Gasteiger partial charge is 0.230 e. The number of benzene rings is 3. The summed E-state index contributed by atoms with van der Waals surface area (Å²) in [4.78, 5) is 0. The van der Waals surface area contributed by atoms with E-state index in [0.29, 0.717) is 11.8 Å².